The number of carbonyl (C=O) groups is 2. The van der Waals surface area contributed by atoms with Crippen LogP contribution in [0.3, 0.4) is 0 Å². The maximum Gasteiger partial charge on any atom is 0.472 e. The van der Waals surface area contributed by atoms with Crippen LogP contribution in [0.15, 0.2) is 134 Å². The number of hydrogen-bond donors (Lipinski definition) is 2. The van der Waals surface area contributed by atoms with Gasteiger partial charge in [-0.2, -0.15) is 0 Å². The number of carbonyl (C=O) groups excluding carboxylic acids is 2. The summed E-state index contributed by atoms with van der Waals surface area (Å²) in [6.45, 7) is 3.36. The molecule has 0 amide bonds. The van der Waals surface area contributed by atoms with Gasteiger partial charge in [0.25, 0.3) is 0 Å². The maximum absolute atomic E-state index is 12.6. The van der Waals surface area contributed by atoms with Crippen molar-refractivity contribution >= 4 is 19.8 Å². The van der Waals surface area contributed by atoms with Crippen LogP contribution in [0.25, 0.3) is 0 Å². The third-order valence-corrected chi connectivity index (χ3v) is 9.53. The van der Waals surface area contributed by atoms with Gasteiger partial charge in [0.05, 0.1) is 13.2 Å². The highest BCUT2D eigenvalue weighted by molar-refractivity contribution is 7.47. The van der Waals surface area contributed by atoms with Crippen LogP contribution in [0.1, 0.15) is 142 Å². The molecule has 0 rings (SSSR count). The minimum Gasteiger partial charge on any atom is -0.462 e. The zero-order chi connectivity index (χ0) is 44.6. The molecule has 0 aromatic rings. The average molecular weight is 866 g/mol. The van der Waals surface area contributed by atoms with Crippen molar-refractivity contribution in [2.24, 2.45) is 5.73 Å². The fraction of sp³-hybridized carbons (Fsp3) is 0.529. The van der Waals surface area contributed by atoms with E-state index in [1.54, 1.807) is 0 Å². The quantitative estimate of drug-likeness (QED) is 0.0267. The van der Waals surface area contributed by atoms with Crippen LogP contribution in [0.2, 0.25) is 0 Å². The van der Waals surface area contributed by atoms with Crippen LogP contribution < -0.4 is 5.73 Å². The number of nitrogens with two attached hydrogens (primary N) is 1. The van der Waals surface area contributed by atoms with E-state index >= 15 is 0 Å². The van der Waals surface area contributed by atoms with E-state index in [4.69, 9.17) is 24.3 Å². The van der Waals surface area contributed by atoms with Crippen LogP contribution in [-0.4, -0.2) is 49.3 Å². The molecule has 0 radical (unpaired) electrons. The Hall–Kier alpha value is -3.85. The van der Waals surface area contributed by atoms with E-state index in [0.29, 0.717) is 12.8 Å². The molecule has 0 aliphatic heterocycles. The topological polar surface area (TPSA) is 134 Å². The van der Waals surface area contributed by atoms with Gasteiger partial charge in [-0.25, -0.2) is 4.57 Å². The number of unbranched alkanes of at least 4 members (excludes halogenated alkanes) is 5. The minimum atomic E-state index is -4.42. The van der Waals surface area contributed by atoms with Crippen molar-refractivity contribution in [1.82, 2.24) is 0 Å². The summed E-state index contributed by atoms with van der Waals surface area (Å²) in [4.78, 5) is 34.9. The summed E-state index contributed by atoms with van der Waals surface area (Å²) in [5.74, 6) is -0.964. The lowest BCUT2D eigenvalue weighted by atomic mass is 10.1. The largest absolute Gasteiger partial charge is 0.472 e. The predicted molar refractivity (Wildman–Crippen MR) is 256 cm³/mol. The Labute approximate surface area is 370 Å². The molecule has 0 spiro atoms. The van der Waals surface area contributed by atoms with E-state index in [9.17, 15) is 19.0 Å². The minimum absolute atomic E-state index is 0.0306. The van der Waals surface area contributed by atoms with Gasteiger partial charge in [-0.3, -0.25) is 18.6 Å². The Kier molecular flexibility index (Phi) is 42.8. The van der Waals surface area contributed by atoms with Gasteiger partial charge in [0.2, 0.25) is 0 Å². The fourth-order valence-electron chi connectivity index (χ4n) is 5.27. The Morgan fingerprint density at radius 3 is 1.33 bits per heavy atom. The first-order chi connectivity index (χ1) is 29.8. The highest BCUT2D eigenvalue weighted by Crippen LogP contribution is 2.43. The summed E-state index contributed by atoms with van der Waals surface area (Å²) in [6, 6.07) is 0. The molecule has 61 heavy (non-hydrogen) atoms. The van der Waals surface area contributed by atoms with Crippen molar-refractivity contribution in [3.8, 4) is 0 Å². The van der Waals surface area contributed by atoms with E-state index in [1.165, 1.54) is 0 Å². The molecule has 0 fully saturated rings. The van der Waals surface area contributed by atoms with Gasteiger partial charge in [-0.05, 0) is 96.3 Å². The van der Waals surface area contributed by atoms with Crippen molar-refractivity contribution in [3.05, 3.63) is 134 Å². The molecule has 0 saturated heterocycles. The Morgan fingerprint density at radius 1 is 0.492 bits per heavy atom. The van der Waals surface area contributed by atoms with Gasteiger partial charge < -0.3 is 20.1 Å². The summed E-state index contributed by atoms with van der Waals surface area (Å²) >= 11 is 0. The molecule has 0 heterocycles. The average Bonchev–Trinajstić information content (AvgIpc) is 3.25. The summed E-state index contributed by atoms with van der Waals surface area (Å²) in [5.41, 5.74) is 5.35. The Bertz CT molecular complexity index is 1450. The van der Waals surface area contributed by atoms with E-state index < -0.39 is 32.5 Å². The van der Waals surface area contributed by atoms with Crippen molar-refractivity contribution in [2.75, 3.05) is 26.4 Å². The van der Waals surface area contributed by atoms with Gasteiger partial charge in [-0.1, -0.05) is 167 Å². The number of rotatable bonds is 40. The number of esters is 2. The second-order valence-electron chi connectivity index (χ2n) is 14.1. The van der Waals surface area contributed by atoms with Crippen molar-refractivity contribution < 1.29 is 37.6 Å². The second-order valence-corrected chi connectivity index (χ2v) is 15.6. The van der Waals surface area contributed by atoms with Crippen LogP contribution in [0, 0.1) is 0 Å². The molecule has 0 saturated carbocycles. The van der Waals surface area contributed by atoms with Crippen LogP contribution >= 0.6 is 7.82 Å². The monoisotopic (exact) mass is 866 g/mol. The molecule has 0 aliphatic carbocycles. The summed E-state index contributed by atoms with van der Waals surface area (Å²) < 4.78 is 32.7. The SMILES string of the molecule is CC/C=C\C/C=C\C/C=C\C/C=C\C/C=C\C/C=C\CCC(=O)OC(COC(=O)CCCCCCC/C=C\C/C=C\C/C=C\C/C=C\C/C=C\CC)COP(=O)(O)OCCN. The third-order valence-electron chi connectivity index (χ3n) is 8.55. The molecule has 10 heteroatoms. The summed E-state index contributed by atoms with van der Waals surface area (Å²) in [7, 11) is -4.42. The van der Waals surface area contributed by atoms with Crippen molar-refractivity contribution in [2.45, 2.75) is 148 Å². The molecule has 0 aliphatic rings. The Morgan fingerprint density at radius 2 is 0.885 bits per heavy atom. The molecule has 3 N–H and O–H groups in total. The fourth-order valence-corrected chi connectivity index (χ4v) is 6.04. The first-order valence-corrected chi connectivity index (χ1v) is 24.2. The zero-order valence-corrected chi connectivity index (χ0v) is 38.5. The van der Waals surface area contributed by atoms with Gasteiger partial charge >= 0.3 is 19.8 Å². The number of hydrogen-bond acceptors (Lipinski definition) is 8. The van der Waals surface area contributed by atoms with Crippen LogP contribution in [-0.2, 0) is 32.7 Å². The zero-order valence-electron chi connectivity index (χ0n) is 37.6. The molecule has 342 valence electrons. The molecular formula is C51H80NO8P. The van der Waals surface area contributed by atoms with E-state index in [0.717, 1.165) is 103 Å². The normalized spacial score (nSPS) is 14.5. The van der Waals surface area contributed by atoms with Crippen molar-refractivity contribution in [3.63, 3.8) is 0 Å². The first kappa shape index (κ1) is 57.1. The van der Waals surface area contributed by atoms with E-state index in [2.05, 4.69) is 135 Å². The molecule has 0 aromatic carbocycles. The van der Waals surface area contributed by atoms with E-state index in [1.807, 2.05) is 12.2 Å². The number of allylic oxidation sites excluding steroid dienone is 22. The van der Waals surface area contributed by atoms with Gasteiger partial charge in [-0.15, -0.1) is 0 Å². The summed E-state index contributed by atoms with van der Waals surface area (Å²) in [6.07, 6.45) is 63.5. The molecule has 2 unspecified atom stereocenters. The third kappa shape index (κ3) is 45.5. The standard InChI is InChI=1S/C51H80NO8P/c1-3-5-7-9-11-13-15-17-19-21-23-24-26-27-29-31-33-35-37-39-41-43-50(53)57-47-49(48-59-61(55,56)58-46-45-52)60-51(54)44-42-40-38-36-34-32-30-28-25-22-20-18-16-14-12-10-8-6-4-2/h5-8,11-14,17-20,23-25,27-29,32,34,38,40,49H,3-4,9-10,15-16,21-22,26,30-31,33,35-37,39,41-48,52H2,1-2H3,(H,55,56)/b7-5-,8-6-,13-11-,14-12-,19-17-,20-18-,24-23-,28-25-,29-27-,34-32-,40-38-. The maximum atomic E-state index is 12.6. The molecular weight excluding hydrogens is 786 g/mol. The lowest BCUT2D eigenvalue weighted by molar-refractivity contribution is -0.161. The van der Waals surface area contributed by atoms with Crippen molar-refractivity contribution in [1.29, 1.82) is 0 Å². The lowest BCUT2D eigenvalue weighted by Gasteiger charge is -2.19. The van der Waals surface area contributed by atoms with E-state index in [-0.39, 0.29) is 32.6 Å². The Balaban J connectivity index is 4.32. The van der Waals surface area contributed by atoms with Gasteiger partial charge in [0, 0.05) is 19.4 Å². The highest BCUT2D eigenvalue weighted by Gasteiger charge is 2.25. The number of phosphoric ester groups is 1. The smallest absolute Gasteiger partial charge is 0.462 e. The molecule has 0 aromatic heterocycles. The number of phosphoric acid groups is 1. The summed E-state index contributed by atoms with van der Waals surface area (Å²) in [5, 5.41) is 0. The molecule has 2 atom stereocenters. The van der Waals surface area contributed by atoms with Crippen LogP contribution in [0.4, 0.5) is 0 Å². The van der Waals surface area contributed by atoms with Crippen LogP contribution in [0.5, 0.6) is 0 Å². The second kappa shape index (κ2) is 45.7. The first-order valence-electron chi connectivity index (χ1n) is 22.7. The molecule has 9 nitrogen and oxygen atoms in total. The molecule has 0 bridgehead atoms. The lowest BCUT2D eigenvalue weighted by Crippen LogP contribution is -2.29. The predicted octanol–water partition coefficient (Wildman–Crippen LogP) is 13.5. The highest BCUT2D eigenvalue weighted by atomic mass is 31.2. The number of ether oxygens (including phenoxy) is 2. The van der Waals surface area contributed by atoms with Gasteiger partial charge in [0.15, 0.2) is 6.10 Å². The van der Waals surface area contributed by atoms with Gasteiger partial charge in [0.1, 0.15) is 6.61 Å².